The van der Waals surface area contributed by atoms with Crippen molar-refractivity contribution in [2.45, 2.75) is 33.4 Å². The van der Waals surface area contributed by atoms with Crippen LogP contribution in [-0.2, 0) is 16.1 Å². The van der Waals surface area contributed by atoms with E-state index in [-0.39, 0.29) is 18.8 Å². The summed E-state index contributed by atoms with van der Waals surface area (Å²) in [6, 6.07) is 19.2. The largest absolute Gasteiger partial charge is 0.494 e. The predicted octanol–water partition coefficient (Wildman–Crippen LogP) is 6.06. The first-order chi connectivity index (χ1) is 21.2. The number of fused-ring (bicyclic) bond motifs is 1. The zero-order valence-electron chi connectivity index (χ0n) is 24.1. The molecule has 5 rings (SSSR count). The van der Waals surface area contributed by atoms with Gasteiger partial charge in [0.15, 0.2) is 4.80 Å². The highest BCUT2D eigenvalue weighted by Gasteiger charge is 2.33. The number of benzene rings is 3. The number of aromatic nitrogens is 1. The predicted molar refractivity (Wildman–Crippen MR) is 173 cm³/mol. The van der Waals surface area contributed by atoms with Crippen molar-refractivity contribution in [2.24, 2.45) is 4.99 Å². The molecule has 0 N–H and O–H groups in total. The molecule has 1 aliphatic heterocycles. The Hall–Kier alpha value is -4.17. The second kappa shape index (κ2) is 13.6. The fraction of sp³-hybridized carbons (Fsp3) is 0.212. The molecule has 3 aromatic carbocycles. The van der Waals surface area contributed by atoms with Crippen LogP contribution >= 0.6 is 38.9 Å². The Labute approximate surface area is 271 Å². The maximum absolute atomic E-state index is 14.1. The molecule has 1 aliphatic rings. The molecule has 0 radical (unpaired) electrons. The summed E-state index contributed by atoms with van der Waals surface area (Å²) in [5, 5.41) is 9.54. The van der Waals surface area contributed by atoms with E-state index in [1.807, 2.05) is 43.3 Å². The van der Waals surface area contributed by atoms with Gasteiger partial charge in [0.2, 0.25) is 0 Å². The van der Waals surface area contributed by atoms with E-state index in [0.29, 0.717) is 59.3 Å². The van der Waals surface area contributed by atoms with Crippen molar-refractivity contribution < 1.29 is 19.0 Å². The Balaban J connectivity index is 1.61. The van der Waals surface area contributed by atoms with Crippen LogP contribution < -0.4 is 24.4 Å². The quantitative estimate of drug-likeness (QED) is 0.198. The highest BCUT2D eigenvalue weighted by molar-refractivity contribution is 9.10. The number of nitrogens with zero attached hydrogens (tertiary/aromatic N) is 3. The SMILES string of the molecule is CCOC(=O)C1=C(C)N=c2s/c(=C\c3cc(Cl)cc(Br)c3OCc3ccc(C#N)cc3)c(=O)n2[C@H]1c1ccc(OCC)cc1. The average molecular weight is 693 g/mol. The van der Waals surface area contributed by atoms with E-state index in [0.717, 1.165) is 11.1 Å². The topological polar surface area (TPSA) is 103 Å². The van der Waals surface area contributed by atoms with Crippen molar-refractivity contribution in [3.05, 3.63) is 123 Å². The van der Waals surface area contributed by atoms with Gasteiger partial charge >= 0.3 is 5.97 Å². The maximum atomic E-state index is 14.1. The summed E-state index contributed by atoms with van der Waals surface area (Å²) >= 11 is 11.2. The summed E-state index contributed by atoms with van der Waals surface area (Å²) in [5.74, 6) is 0.650. The van der Waals surface area contributed by atoms with Gasteiger partial charge in [0.05, 0.1) is 51.2 Å². The number of thiazole rings is 1. The monoisotopic (exact) mass is 691 g/mol. The zero-order valence-corrected chi connectivity index (χ0v) is 27.3. The number of esters is 1. The van der Waals surface area contributed by atoms with Crippen molar-refractivity contribution in [2.75, 3.05) is 13.2 Å². The highest BCUT2D eigenvalue weighted by atomic mass is 79.9. The third-order valence-electron chi connectivity index (χ3n) is 6.81. The van der Waals surface area contributed by atoms with E-state index in [9.17, 15) is 9.59 Å². The van der Waals surface area contributed by atoms with Crippen LogP contribution in [0, 0.1) is 11.3 Å². The standard InChI is InChI=1S/C33H27BrClN3O5S/c1-4-41-25-12-10-22(11-13-25)29-28(32(40)42-5-2)19(3)37-33-38(29)31(39)27(44-33)15-23-14-24(35)16-26(34)30(23)43-18-21-8-6-20(17-36)7-9-21/h6-16,29H,4-5,18H2,1-3H3/b27-15-/t29-/m0/s1. The van der Waals surface area contributed by atoms with Crippen molar-refractivity contribution in [3.63, 3.8) is 0 Å². The first-order valence-corrected chi connectivity index (χ1v) is 15.8. The first-order valence-electron chi connectivity index (χ1n) is 13.8. The van der Waals surface area contributed by atoms with Crippen molar-refractivity contribution in [3.8, 4) is 17.6 Å². The molecule has 0 aliphatic carbocycles. The number of hydrogen-bond acceptors (Lipinski definition) is 8. The molecule has 0 amide bonds. The van der Waals surface area contributed by atoms with E-state index < -0.39 is 12.0 Å². The van der Waals surface area contributed by atoms with Crippen LogP contribution in [-0.4, -0.2) is 23.8 Å². The molecular formula is C33H27BrClN3O5S. The number of allylic oxidation sites excluding steroid dienone is 1. The molecule has 11 heteroatoms. The molecule has 0 saturated heterocycles. The van der Waals surface area contributed by atoms with Gasteiger partial charge in [0.1, 0.15) is 18.1 Å². The van der Waals surface area contributed by atoms with Gasteiger partial charge in [-0.1, -0.05) is 47.2 Å². The minimum Gasteiger partial charge on any atom is -0.494 e. The number of nitriles is 1. The van der Waals surface area contributed by atoms with Gasteiger partial charge in [-0.2, -0.15) is 5.26 Å². The molecule has 0 unspecified atom stereocenters. The Morgan fingerprint density at radius 3 is 2.50 bits per heavy atom. The molecule has 0 bridgehead atoms. The van der Waals surface area contributed by atoms with Gasteiger partial charge in [-0.25, -0.2) is 9.79 Å². The molecule has 4 aromatic rings. The molecule has 44 heavy (non-hydrogen) atoms. The lowest BCUT2D eigenvalue weighted by Gasteiger charge is -2.24. The summed E-state index contributed by atoms with van der Waals surface area (Å²) in [6.07, 6.45) is 1.72. The molecule has 224 valence electrons. The van der Waals surface area contributed by atoms with Crippen LogP contribution in [0.25, 0.3) is 6.08 Å². The molecule has 1 aromatic heterocycles. The number of halogens is 2. The van der Waals surface area contributed by atoms with Crippen LogP contribution in [0.2, 0.25) is 5.02 Å². The van der Waals surface area contributed by atoms with Crippen molar-refractivity contribution >= 4 is 50.9 Å². The fourth-order valence-electron chi connectivity index (χ4n) is 4.83. The second-order valence-corrected chi connectivity index (χ2v) is 12.0. The van der Waals surface area contributed by atoms with Crippen LogP contribution in [0.3, 0.4) is 0 Å². The van der Waals surface area contributed by atoms with Crippen LogP contribution in [0.4, 0.5) is 0 Å². The summed E-state index contributed by atoms with van der Waals surface area (Å²) < 4.78 is 19.7. The number of ether oxygens (including phenoxy) is 3. The third-order valence-corrected chi connectivity index (χ3v) is 8.60. The third kappa shape index (κ3) is 6.50. The normalized spacial score (nSPS) is 14.5. The van der Waals surface area contributed by atoms with Gasteiger partial charge in [-0.05, 0) is 90.3 Å². The number of carbonyl (C=O) groups excluding carboxylic acids is 1. The fourth-order valence-corrected chi connectivity index (χ4v) is 6.82. The van der Waals surface area contributed by atoms with E-state index in [1.54, 1.807) is 44.2 Å². The minimum atomic E-state index is -0.749. The molecule has 0 spiro atoms. The second-order valence-electron chi connectivity index (χ2n) is 9.71. The number of carbonyl (C=O) groups is 1. The van der Waals surface area contributed by atoms with E-state index >= 15 is 0 Å². The Bertz CT molecular complexity index is 1980. The molecule has 0 fully saturated rings. The molecule has 8 nitrogen and oxygen atoms in total. The highest BCUT2D eigenvalue weighted by Crippen LogP contribution is 2.35. The van der Waals surface area contributed by atoms with Crippen molar-refractivity contribution in [1.82, 2.24) is 4.57 Å². The van der Waals surface area contributed by atoms with Crippen LogP contribution in [0.15, 0.2) is 86.2 Å². The van der Waals surface area contributed by atoms with Gasteiger partial charge in [0.25, 0.3) is 5.56 Å². The lowest BCUT2D eigenvalue weighted by molar-refractivity contribution is -0.139. The Kier molecular flexibility index (Phi) is 9.69. The first kappa shape index (κ1) is 31.3. The molecule has 0 saturated carbocycles. The van der Waals surface area contributed by atoms with Gasteiger partial charge in [0, 0.05) is 10.6 Å². The summed E-state index contributed by atoms with van der Waals surface area (Å²) in [6.45, 7) is 6.31. The smallest absolute Gasteiger partial charge is 0.338 e. The molecule has 1 atom stereocenters. The van der Waals surface area contributed by atoms with Gasteiger partial charge in [-0.15, -0.1) is 0 Å². The summed E-state index contributed by atoms with van der Waals surface area (Å²) in [7, 11) is 0. The summed E-state index contributed by atoms with van der Waals surface area (Å²) in [5.41, 5.74) is 3.18. The number of rotatable bonds is 9. The molecule has 2 heterocycles. The Morgan fingerprint density at radius 2 is 1.84 bits per heavy atom. The molecular weight excluding hydrogens is 666 g/mol. The van der Waals surface area contributed by atoms with Crippen molar-refractivity contribution in [1.29, 1.82) is 5.26 Å². The maximum Gasteiger partial charge on any atom is 0.338 e. The van der Waals surface area contributed by atoms with Gasteiger partial charge in [-0.3, -0.25) is 9.36 Å². The lowest BCUT2D eigenvalue weighted by Crippen LogP contribution is -2.39. The average Bonchev–Trinajstić information content (AvgIpc) is 3.30. The summed E-state index contributed by atoms with van der Waals surface area (Å²) in [4.78, 5) is 32.4. The van der Waals surface area contributed by atoms with Crippen LogP contribution in [0.1, 0.15) is 49.1 Å². The number of hydrogen-bond donors (Lipinski definition) is 0. The van der Waals surface area contributed by atoms with E-state index in [1.165, 1.54) is 15.9 Å². The Morgan fingerprint density at radius 1 is 1.11 bits per heavy atom. The zero-order chi connectivity index (χ0) is 31.4. The van der Waals surface area contributed by atoms with E-state index in [2.05, 4.69) is 27.0 Å². The van der Waals surface area contributed by atoms with Gasteiger partial charge < -0.3 is 14.2 Å². The van der Waals surface area contributed by atoms with Crippen LogP contribution in [0.5, 0.6) is 11.5 Å². The van der Waals surface area contributed by atoms with E-state index in [4.69, 9.17) is 31.1 Å². The minimum absolute atomic E-state index is 0.185. The lowest BCUT2D eigenvalue weighted by atomic mass is 9.96.